The Labute approximate surface area is 62.0 Å². The molecule has 0 aromatic carbocycles. The molecular weight excluding hydrogens is 132 g/mol. The second kappa shape index (κ2) is 6.99. The third-order valence-electron chi connectivity index (χ3n) is 0.935. The fourth-order valence-electron chi connectivity index (χ4n) is 0.516. The van der Waals surface area contributed by atoms with Gasteiger partial charge in [0.05, 0.1) is 25.9 Å². The summed E-state index contributed by atoms with van der Waals surface area (Å²) < 4.78 is 10.0. The van der Waals surface area contributed by atoms with Crippen molar-refractivity contribution in [2.45, 2.75) is 20.0 Å². The summed E-state index contributed by atoms with van der Waals surface area (Å²) in [7, 11) is 0. The van der Waals surface area contributed by atoms with E-state index in [1.807, 2.05) is 6.92 Å². The summed E-state index contributed by atoms with van der Waals surface area (Å²) in [5.41, 5.74) is 0. The van der Waals surface area contributed by atoms with Crippen LogP contribution in [0.25, 0.3) is 0 Å². The summed E-state index contributed by atoms with van der Waals surface area (Å²) >= 11 is 0. The normalized spacial score (nSPS) is 13.5. The smallest absolute Gasteiger partial charge is 0.0745 e. The summed E-state index contributed by atoms with van der Waals surface area (Å²) in [6.07, 6.45) is -0.373. The van der Waals surface area contributed by atoms with Crippen LogP contribution in [0.2, 0.25) is 0 Å². The largest absolute Gasteiger partial charge is 0.391 e. The topological polar surface area (TPSA) is 38.7 Å². The van der Waals surface area contributed by atoms with E-state index < -0.39 is 0 Å². The van der Waals surface area contributed by atoms with Crippen LogP contribution < -0.4 is 0 Å². The van der Waals surface area contributed by atoms with Crippen molar-refractivity contribution in [2.75, 3.05) is 26.4 Å². The van der Waals surface area contributed by atoms with E-state index in [1.54, 1.807) is 6.92 Å². The van der Waals surface area contributed by atoms with Gasteiger partial charge in [-0.05, 0) is 13.8 Å². The third kappa shape index (κ3) is 7.88. The molecule has 3 nitrogen and oxygen atoms in total. The Morgan fingerprint density at radius 2 is 1.90 bits per heavy atom. The van der Waals surface area contributed by atoms with Crippen molar-refractivity contribution in [3.8, 4) is 0 Å². The van der Waals surface area contributed by atoms with Crippen molar-refractivity contribution in [1.29, 1.82) is 0 Å². The summed E-state index contributed by atoms with van der Waals surface area (Å²) in [4.78, 5) is 0. The molecule has 0 heterocycles. The Balaban J connectivity index is 2.77. The first-order chi connectivity index (χ1) is 4.77. The molecule has 1 atom stereocenters. The van der Waals surface area contributed by atoms with E-state index in [1.165, 1.54) is 0 Å². The lowest BCUT2D eigenvalue weighted by molar-refractivity contribution is 0.0120. The van der Waals surface area contributed by atoms with Gasteiger partial charge in [0.2, 0.25) is 0 Å². The Hall–Kier alpha value is -0.120. The fourth-order valence-corrected chi connectivity index (χ4v) is 0.516. The minimum Gasteiger partial charge on any atom is -0.391 e. The minimum atomic E-state index is -0.373. The molecule has 10 heavy (non-hydrogen) atoms. The van der Waals surface area contributed by atoms with Gasteiger partial charge in [0.25, 0.3) is 0 Å². The predicted molar refractivity (Wildman–Crippen MR) is 39.0 cm³/mol. The SMILES string of the molecule is CCOCCOCC(C)O. The van der Waals surface area contributed by atoms with Crippen LogP contribution in [0, 0.1) is 0 Å². The maximum absolute atomic E-state index is 8.74. The molecule has 0 rings (SSSR count). The molecular formula is C7H16O3. The van der Waals surface area contributed by atoms with Crippen LogP contribution in [0.3, 0.4) is 0 Å². The highest BCUT2D eigenvalue weighted by atomic mass is 16.5. The monoisotopic (exact) mass is 148 g/mol. The molecule has 0 aliphatic heterocycles. The molecule has 0 aromatic rings. The van der Waals surface area contributed by atoms with E-state index in [0.29, 0.717) is 19.8 Å². The number of hydrogen-bond donors (Lipinski definition) is 1. The Bertz CT molecular complexity index is 63.9. The van der Waals surface area contributed by atoms with Gasteiger partial charge < -0.3 is 14.6 Å². The molecule has 0 aliphatic carbocycles. The van der Waals surface area contributed by atoms with Crippen LogP contribution in [0.5, 0.6) is 0 Å². The molecule has 0 bridgehead atoms. The number of aliphatic hydroxyl groups excluding tert-OH is 1. The van der Waals surface area contributed by atoms with Crippen LogP contribution >= 0.6 is 0 Å². The first-order valence-electron chi connectivity index (χ1n) is 3.61. The van der Waals surface area contributed by atoms with Crippen molar-refractivity contribution < 1.29 is 14.6 Å². The van der Waals surface area contributed by atoms with Crippen molar-refractivity contribution in [1.82, 2.24) is 0 Å². The zero-order valence-corrected chi connectivity index (χ0v) is 6.67. The second-order valence-corrected chi connectivity index (χ2v) is 2.12. The van der Waals surface area contributed by atoms with Crippen LogP contribution in [0.15, 0.2) is 0 Å². The van der Waals surface area contributed by atoms with Crippen molar-refractivity contribution in [3.63, 3.8) is 0 Å². The first kappa shape index (κ1) is 9.88. The molecule has 0 saturated carbocycles. The lowest BCUT2D eigenvalue weighted by atomic mass is 10.4. The van der Waals surface area contributed by atoms with Crippen molar-refractivity contribution >= 4 is 0 Å². The molecule has 0 radical (unpaired) electrons. The van der Waals surface area contributed by atoms with Gasteiger partial charge in [-0.3, -0.25) is 0 Å². The molecule has 62 valence electrons. The highest BCUT2D eigenvalue weighted by Gasteiger charge is 1.93. The van der Waals surface area contributed by atoms with Crippen LogP contribution in [-0.4, -0.2) is 37.6 Å². The van der Waals surface area contributed by atoms with Crippen LogP contribution in [0.4, 0.5) is 0 Å². The van der Waals surface area contributed by atoms with Gasteiger partial charge in [-0.15, -0.1) is 0 Å². The van der Waals surface area contributed by atoms with Gasteiger partial charge in [-0.25, -0.2) is 0 Å². The van der Waals surface area contributed by atoms with E-state index in [0.717, 1.165) is 6.61 Å². The zero-order chi connectivity index (χ0) is 7.82. The molecule has 0 fully saturated rings. The molecule has 1 unspecified atom stereocenters. The molecule has 0 spiro atoms. The highest BCUT2D eigenvalue weighted by molar-refractivity contribution is 4.40. The van der Waals surface area contributed by atoms with Gasteiger partial charge in [0.15, 0.2) is 0 Å². The lowest BCUT2D eigenvalue weighted by Gasteiger charge is -2.05. The van der Waals surface area contributed by atoms with E-state index in [4.69, 9.17) is 14.6 Å². The maximum Gasteiger partial charge on any atom is 0.0745 e. The maximum atomic E-state index is 8.74. The summed E-state index contributed by atoms with van der Waals surface area (Å²) in [5.74, 6) is 0. The number of hydrogen-bond acceptors (Lipinski definition) is 3. The third-order valence-corrected chi connectivity index (χ3v) is 0.935. The molecule has 0 saturated heterocycles. The molecule has 0 aromatic heterocycles. The fraction of sp³-hybridized carbons (Fsp3) is 1.00. The number of rotatable bonds is 6. The van der Waals surface area contributed by atoms with Crippen LogP contribution in [0.1, 0.15) is 13.8 Å². The average Bonchev–Trinajstić information content (AvgIpc) is 1.87. The van der Waals surface area contributed by atoms with Crippen molar-refractivity contribution in [3.05, 3.63) is 0 Å². The van der Waals surface area contributed by atoms with Gasteiger partial charge in [0, 0.05) is 6.61 Å². The highest BCUT2D eigenvalue weighted by Crippen LogP contribution is 1.82. The molecule has 0 amide bonds. The zero-order valence-electron chi connectivity index (χ0n) is 6.67. The number of aliphatic hydroxyl groups is 1. The van der Waals surface area contributed by atoms with Gasteiger partial charge in [0.1, 0.15) is 0 Å². The molecule has 3 heteroatoms. The molecule has 0 aliphatic rings. The summed E-state index contributed by atoms with van der Waals surface area (Å²) in [6.45, 7) is 5.93. The van der Waals surface area contributed by atoms with Crippen LogP contribution in [-0.2, 0) is 9.47 Å². The Morgan fingerprint density at radius 1 is 1.30 bits per heavy atom. The van der Waals surface area contributed by atoms with Gasteiger partial charge >= 0.3 is 0 Å². The average molecular weight is 148 g/mol. The molecule has 1 N–H and O–H groups in total. The van der Waals surface area contributed by atoms with Gasteiger partial charge in [-0.2, -0.15) is 0 Å². The van der Waals surface area contributed by atoms with E-state index in [-0.39, 0.29) is 6.10 Å². The lowest BCUT2D eigenvalue weighted by Crippen LogP contribution is -2.13. The summed E-state index contributed by atoms with van der Waals surface area (Å²) in [6, 6.07) is 0. The first-order valence-corrected chi connectivity index (χ1v) is 3.61. The summed E-state index contributed by atoms with van der Waals surface area (Å²) in [5, 5.41) is 8.74. The quantitative estimate of drug-likeness (QED) is 0.555. The minimum absolute atomic E-state index is 0.373. The van der Waals surface area contributed by atoms with Crippen molar-refractivity contribution in [2.24, 2.45) is 0 Å². The number of ether oxygens (including phenoxy) is 2. The van der Waals surface area contributed by atoms with E-state index in [9.17, 15) is 0 Å². The Kier molecular flexibility index (Phi) is 6.91. The van der Waals surface area contributed by atoms with Gasteiger partial charge in [-0.1, -0.05) is 0 Å². The second-order valence-electron chi connectivity index (χ2n) is 2.12. The standard InChI is InChI=1S/C7H16O3/c1-3-9-4-5-10-6-7(2)8/h7-8H,3-6H2,1-2H3. The van der Waals surface area contributed by atoms with E-state index in [2.05, 4.69) is 0 Å². The van der Waals surface area contributed by atoms with E-state index >= 15 is 0 Å². The predicted octanol–water partition coefficient (Wildman–Crippen LogP) is 0.420. The Morgan fingerprint density at radius 3 is 2.40 bits per heavy atom.